The summed E-state index contributed by atoms with van der Waals surface area (Å²) in [6.45, 7) is 2.10. The molecule has 1 aliphatic carbocycles. The van der Waals surface area contributed by atoms with Crippen molar-refractivity contribution in [3.63, 3.8) is 0 Å². The molecule has 1 saturated carbocycles. The maximum Gasteiger partial charge on any atom is 0.242 e. The second-order valence-electron chi connectivity index (χ2n) is 8.05. The largest absolute Gasteiger partial charge is 0.352 e. The molecule has 166 valence electrons. The molecule has 0 unspecified atom stereocenters. The topological polar surface area (TPSA) is 49.4 Å². The molecule has 0 heterocycles. The minimum atomic E-state index is -0.616. The number of amides is 2. The van der Waals surface area contributed by atoms with Crippen LogP contribution in [0, 0.1) is 0 Å². The second-order valence-corrected chi connectivity index (χ2v) is 9.78. The fourth-order valence-electron chi connectivity index (χ4n) is 3.94. The fourth-order valence-corrected chi connectivity index (χ4v) is 4.92. The Kier molecular flexibility index (Phi) is 8.82. The van der Waals surface area contributed by atoms with Crippen molar-refractivity contribution in [1.29, 1.82) is 0 Å². The molecule has 1 atom stereocenters. The molecule has 0 spiro atoms. The Labute approximate surface area is 202 Å². The van der Waals surface area contributed by atoms with Crippen molar-refractivity contribution in [2.24, 2.45) is 0 Å². The Morgan fingerprint density at radius 1 is 1.10 bits per heavy atom. The van der Waals surface area contributed by atoms with Gasteiger partial charge < -0.3 is 10.2 Å². The van der Waals surface area contributed by atoms with E-state index in [0.717, 1.165) is 35.7 Å². The Hall–Kier alpha value is -1.56. The zero-order valence-electron chi connectivity index (χ0n) is 17.5. The van der Waals surface area contributed by atoms with Crippen LogP contribution in [0.15, 0.2) is 46.9 Å². The zero-order chi connectivity index (χ0) is 22.4. The van der Waals surface area contributed by atoms with Gasteiger partial charge in [0.15, 0.2) is 0 Å². The summed E-state index contributed by atoms with van der Waals surface area (Å²) in [5.41, 5.74) is 1.51. The summed E-state index contributed by atoms with van der Waals surface area (Å²) in [5.74, 6) is -0.318. The molecule has 0 bridgehead atoms. The Balaban J connectivity index is 1.80. The lowest BCUT2D eigenvalue weighted by Gasteiger charge is -2.31. The molecule has 0 aromatic heterocycles. The van der Waals surface area contributed by atoms with Crippen molar-refractivity contribution in [2.75, 3.05) is 0 Å². The van der Waals surface area contributed by atoms with E-state index in [1.807, 2.05) is 24.3 Å². The molecule has 0 aliphatic heterocycles. The molecule has 2 amide bonds. The van der Waals surface area contributed by atoms with E-state index in [1.165, 1.54) is 6.42 Å². The number of rotatable bonds is 7. The van der Waals surface area contributed by atoms with Crippen LogP contribution in [-0.4, -0.2) is 28.8 Å². The fraction of sp³-hybridized carbons (Fsp3) is 0.417. The molecule has 0 radical (unpaired) electrons. The lowest BCUT2D eigenvalue weighted by Crippen LogP contribution is -2.50. The smallest absolute Gasteiger partial charge is 0.242 e. The number of hydrogen-bond donors (Lipinski definition) is 1. The number of hydrogen-bond acceptors (Lipinski definition) is 2. The van der Waals surface area contributed by atoms with Crippen molar-refractivity contribution in [1.82, 2.24) is 10.2 Å². The number of carbonyl (C=O) groups excluding carboxylic acids is 2. The van der Waals surface area contributed by atoms with Crippen LogP contribution in [0.5, 0.6) is 0 Å². The van der Waals surface area contributed by atoms with Crippen LogP contribution in [0.25, 0.3) is 0 Å². The molecule has 3 rings (SSSR count). The number of benzene rings is 2. The van der Waals surface area contributed by atoms with E-state index in [9.17, 15) is 9.59 Å². The van der Waals surface area contributed by atoms with Crippen molar-refractivity contribution >= 4 is 50.9 Å². The van der Waals surface area contributed by atoms with Gasteiger partial charge in [0.25, 0.3) is 0 Å². The van der Waals surface area contributed by atoms with Crippen LogP contribution in [-0.2, 0) is 22.6 Å². The molecular formula is C24H27BrCl2N2O2. The van der Waals surface area contributed by atoms with Gasteiger partial charge in [0.05, 0.1) is 6.42 Å². The normalized spacial score (nSPS) is 15.4. The maximum absolute atomic E-state index is 13.4. The first-order valence-electron chi connectivity index (χ1n) is 10.6. The molecule has 1 N–H and O–H groups in total. The summed E-state index contributed by atoms with van der Waals surface area (Å²) in [5, 5.41) is 4.04. The SMILES string of the molecule is C[C@@H](C(=O)NC1CCCCC1)N(Cc1cccc(Br)c1)C(=O)Cc1c(Cl)cccc1Cl. The lowest BCUT2D eigenvalue weighted by molar-refractivity contribution is -0.140. The molecule has 7 heteroatoms. The number of nitrogens with one attached hydrogen (secondary N) is 1. The van der Waals surface area contributed by atoms with Gasteiger partial charge in [0, 0.05) is 27.1 Å². The van der Waals surface area contributed by atoms with E-state index in [1.54, 1.807) is 30.0 Å². The van der Waals surface area contributed by atoms with Crippen molar-refractivity contribution in [3.8, 4) is 0 Å². The third kappa shape index (κ3) is 6.71. The van der Waals surface area contributed by atoms with Crippen LogP contribution in [0.3, 0.4) is 0 Å². The highest BCUT2D eigenvalue weighted by molar-refractivity contribution is 9.10. The number of carbonyl (C=O) groups is 2. The maximum atomic E-state index is 13.4. The first-order chi connectivity index (χ1) is 14.8. The molecule has 2 aromatic rings. The zero-order valence-corrected chi connectivity index (χ0v) is 20.6. The minimum absolute atomic E-state index is 0.0353. The molecule has 1 fully saturated rings. The predicted octanol–water partition coefficient (Wildman–Crippen LogP) is 6.16. The summed E-state index contributed by atoms with van der Waals surface area (Å²) in [4.78, 5) is 28.0. The summed E-state index contributed by atoms with van der Waals surface area (Å²) in [7, 11) is 0. The monoisotopic (exact) mass is 524 g/mol. The highest BCUT2D eigenvalue weighted by Gasteiger charge is 2.29. The van der Waals surface area contributed by atoms with Crippen LogP contribution < -0.4 is 5.32 Å². The molecule has 4 nitrogen and oxygen atoms in total. The predicted molar refractivity (Wildman–Crippen MR) is 129 cm³/mol. The van der Waals surface area contributed by atoms with Crippen molar-refractivity contribution in [3.05, 3.63) is 68.1 Å². The number of nitrogens with zero attached hydrogens (tertiary/aromatic N) is 1. The average Bonchev–Trinajstić information content (AvgIpc) is 2.75. The van der Waals surface area contributed by atoms with Crippen LogP contribution in [0.2, 0.25) is 10.0 Å². The van der Waals surface area contributed by atoms with Gasteiger partial charge in [0.2, 0.25) is 11.8 Å². The van der Waals surface area contributed by atoms with Crippen LogP contribution >= 0.6 is 39.1 Å². The summed E-state index contributed by atoms with van der Waals surface area (Å²) in [6, 6.07) is 12.5. The lowest BCUT2D eigenvalue weighted by atomic mass is 9.95. The Bertz CT molecular complexity index is 911. The first-order valence-corrected chi connectivity index (χ1v) is 12.2. The standard InChI is InChI=1S/C24H27BrCl2N2O2/c1-16(24(31)28-19-9-3-2-4-10-19)29(15-17-7-5-8-18(25)13-17)23(30)14-20-21(26)11-6-12-22(20)27/h5-8,11-13,16,19H,2-4,9-10,14-15H2,1H3,(H,28,31)/t16-/m0/s1. The van der Waals surface area contributed by atoms with E-state index in [-0.39, 0.29) is 24.3 Å². The van der Waals surface area contributed by atoms with Gasteiger partial charge in [-0.05, 0) is 55.2 Å². The first kappa shape index (κ1) is 24.1. The van der Waals surface area contributed by atoms with E-state index >= 15 is 0 Å². The Morgan fingerprint density at radius 3 is 2.39 bits per heavy atom. The van der Waals surface area contributed by atoms with E-state index < -0.39 is 6.04 Å². The average molecular weight is 526 g/mol. The van der Waals surface area contributed by atoms with Gasteiger partial charge >= 0.3 is 0 Å². The van der Waals surface area contributed by atoms with Crippen LogP contribution in [0.1, 0.15) is 50.2 Å². The van der Waals surface area contributed by atoms with Gasteiger partial charge in [-0.25, -0.2) is 0 Å². The highest BCUT2D eigenvalue weighted by Crippen LogP contribution is 2.26. The van der Waals surface area contributed by atoms with E-state index in [0.29, 0.717) is 22.2 Å². The van der Waals surface area contributed by atoms with E-state index in [4.69, 9.17) is 23.2 Å². The van der Waals surface area contributed by atoms with Crippen LogP contribution in [0.4, 0.5) is 0 Å². The summed E-state index contributed by atoms with van der Waals surface area (Å²) >= 11 is 16.1. The number of halogens is 3. The van der Waals surface area contributed by atoms with Gasteiger partial charge in [-0.3, -0.25) is 9.59 Å². The quantitative estimate of drug-likeness (QED) is 0.470. The highest BCUT2D eigenvalue weighted by atomic mass is 79.9. The van der Waals surface area contributed by atoms with Gasteiger partial charge in [0.1, 0.15) is 6.04 Å². The third-order valence-electron chi connectivity index (χ3n) is 5.75. The van der Waals surface area contributed by atoms with Gasteiger partial charge in [-0.15, -0.1) is 0 Å². The molecule has 1 aliphatic rings. The van der Waals surface area contributed by atoms with Gasteiger partial charge in [-0.1, -0.05) is 76.6 Å². The molecule has 31 heavy (non-hydrogen) atoms. The Morgan fingerprint density at radius 2 is 1.74 bits per heavy atom. The van der Waals surface area contributed by atoms with Crippen molar-refractivity contribution in [2.45, 2.75) is 64.1 Å². The van der Waals surface area contributed by atoms with Crippen molar-refractivity contribution < 1.29 is 9.59 Å². The molecular weight excluding hydrogens is 499 g/mol. The third-order valence-corrected chi connectivity index (χ3v) is 6.95. The molecule has 0 saturated heterocycles. The van der Waals surface area contributed by atoms with E-state index in [2.05, 4.69) is 21.2 Å². The second kappa shape index (κ2) is 11.3. The minimum Gasteiger partial charge on any atom is -0.352 e. The van der Waals surface area contributed by atoms with Gasteiger partial charge in [-0.2, -0.15) is 0 Å². The molecule has 2 aromatic carbocycles. The summed E-state index contributed by atoms with van der Waals surface area (Å²) < 4.78 is 0.922. The summed E-state index contributed by atoms with van der Waals surface area (Å²) in [6.07, 6.45) is 5.50.